The highest BCUT2D eigenvalue weighted by Crippen LogP contribution is 2.23. The van der Waals surface area contributed by atoms with Gasteiger partial charge in [0.05, 0.1) is 9.79 Å². The number of hydrogen-bond donors (Lipinski definition) is 1. The third kappa shape index (κ3) is 3.75. The molecule has 1 heterocycles. The highest BCUT2D eigenvalue weighted by molar-refractivity contribution is 7.91. The molecule has 0 bridgehead atoms. The Labute approximate surface area is 169 Å². The molecule has 0 aliphatic heterocycles. The zero-order valence-electron chi connectivity index (χ0n) is 15.7. The summed E-state index contributed by atoms with van der Waals surface area (Å²) in [6.45, 7) is 1.90. The average molecular weight is 402 g/mol. The fourth-order valence-electron chi connectivity index (χ4n) is 3.06. The first kappa shape index (κ1) is 18.8. The lowest BCUT2D eigenvalue weighted by Gasteiger charge is -2.09. The Hall–Kier alpha value is -3.51. The summed E-state index contributed by atoms with van der Waals surface area (Å²) in [6.07, 6.45) is 1.59. The highest BCUT2D eigenvalue weighted by Gasteiger charge is 2.18. The lowest BCUT2D eigenvalue weighted by Crippen LogP contribution is -2.14. The Kier molecular flexibility index (Phi) is 4.86. The molecule has 1 amide bonds. The maximum atomic E-state index is 12.7. The molecule has 6 heteroatoms. The van der Waals surface area contributed by atoms with Crippen LogP contribution in [-0.4, -0.2) is 19.3 Å². The summed E-state index contributed by atoms with van der Waals surface area (Å²) in [5.41, 5.74) is 1.80. The predicted octanol–water partition coefficient (Wildman–Crippen LogP) is 4.63. The van der Waals surface area contributed by atoms with Gasteiger partial charge >= 0.3 is 0 Å². The van der Waals surface area contributed by atoms with Crippen LogP contribution in [0.4, 0.5) is 5.69 Å². The van der Waals surface area contributed by atoms with E-state index in [0.29, 0.717) is 11.4 Å². The van der Waals surface area contributed by atoms with Gasteiger partial charge in [0.25, 0.3) is 5.91 Å². The second-order valence-corrected chi connectivity index (χ2v) is 8.63. The van der Waals surface area contributed by atoms with Crippen LogP contribution in [0.1, 0.15) is 16.1 Å². The van der Waals surface area contributed by atoms with Crippen LogP contribution in [-0.2, 0) is 9.84 Å². The van der Waals surface area contributed by atoms with Crippen LogP contribution in [0.25, 0.3) is 10.8 Å². The van der Waals surface area contributed by atoms with Crippen molar-refractivity contribution in [2.45, 2.75) is 16.7 Å². The van der Waals surface area contributed by atoms with Crippen molar-refractivity contribution in [3.05, 3.63) is 96.3 Å². The third-order valence-electron chi connectivity index (χ3n) is 4.64. The quantitative estimate of drug-likeness (QED) is 0.540. The van der Waals surface area contributed by atoms with Gasteiger partial charge in [-0.15, -0.1) is 0 Å². The Morgan fingerprint density at radius 2 is 1.45 bits per heavy atom. The van der Waals surface area contributed by atoms with Crippen LogP contribution in [0.3, 0.4) is 0 Å². The van der Waals surface area contributed by atoms with E-state index in [1.54, 1.807) is 42.6 Å². The molecule has 5 nitrogen and oxygen atoms in total. The normalized spacial score (nSPS) is 11.3. The second-order valence-electron chi connectivity index (χ2n) is 6.68. The Bertz CT molecular complexity index is 1290. The molecule has 0 aliphatic rings. The van der Waals surface area contributed by atoms with E-state index in [2.05, 4.69) is 10.3 Å². The number of rotatable bonds is 4. The number of sulfone groups is 1. The van der Waals surface area contributed by atoms with Crippen molar-refractivity contribution < 1.29 is 13.2 Å². The molecular weight excluding hydrogens is 384 g/mol. The minimum atomic E-state index is -3.61. The van der Waals surface area contributed by atoms with Gasteiger partial charge in [0.2, 0.25) is 9.84 Å². The van der Waals surface area contributed by atoms with Gasteiger partial charge in [-0.25, -0.2) is 8.42 Å². The second kappa shape index (κ2) is 7.48. The molecule has 0 fully saturated rings. The maximum Gasteiger partial charge on any atom is 0.274 e. The molecule has 1 aromatic heterocycles. The van der Waals surface area contributed by atoms with E-state index in [0.717, 1.165) is 16.3 Å². The number of anilines is 1. The van der Waals surface area contributed by atoms with Crippen molar-refractivity contribution in [1.29, 1.82) is 0 Å². The fourth-order valence-corrected chi connectivity index (χ4v) is 4.32. The highest BCUT2D eigenvalue weighted by atomic mass is 32.2. The predicted molar refractivity (Wildman–Crippen MR) is 113 cm³/mol. The number of carbonyl (C=O) groups excluding carboxylic acids is 1. The van der Waals surface area contributed by atoms with Crippen LogP contribution in [0.5, 0.6) is 0 Å². The number of aromatic nitrogens is 1. The third-order valence-corrected chi connectivity index (χ3v) is 6.43. The van der Waals surface area contributed by atoms with E-state index < -0.39 is 9.84 Å². The van der Waals surface area contributed by atoms with Crippen molar-refractivity contribution >= 4 is 32.2 Å². The van der Waals surface area contributed by atoms with Gasteiger partial charge in [0.1, 0.15) is 5.69 Å². The molecule has 0 aliphatic carbocycles. The lowest BCUT2D eigenvalue weighted by atomic mass is 10.1. The van der Waals surface area contributed by atoms with E-state index in [-0.39, 0.29) is 15.7 Å². The Morgan fingerprint density at radius 3 is 2.14 bits per heavy atom. The molecule has 0 unspecified atom stereocenters. The van der Waals surface area contributed by atoms with E-state index in [9.17, 15) is 13.2 Å². The molecule has 0 radical (unpaired) electrons. The van der Waals surface area contributed by atoms with E-state index in [1.807, 2.05) is 37.3 Å². The van der Waals surface area contributed by atoms with Gasteiger partial charge in [0.15, 0.2) is 0 Å². The summed E-state index contributed by atoms with van der Waals surface area (Å²) in [5.74, 6) is -0.351. The largest absolute Gasteiger partial charge is 0.321 e. The Morgan fingerprint density at radius 1 is 0.828 bits per heavy atom. The number of nitrogens with zero attached hydrogens (tertiary/aromatic N) is 1. The number of aryl methyl sites for hydroxylation is 1. The van der Waals surface area contributed by atoms with Crippen molar-refractivity contribution in [2.24, 2.45) is 0 Å². The summed E-state index contributed by atoms with van der Waals surface area (Å²) < 4.78 is 25.5. The van der Waals surface area contributed by atoms with Gasteiger partial charge in [-0.1, -0.05) is 42.0 Å². The number of benzene rings is 3. The van der Waals surface area contributed by atoms with E-state index in [4.69, 9.17) is 0 Å². The first-order chi connectivity index (χ1) is 13.9. The van der Waals surface area contributed by atoms with E-state index in [1.165, 1.54) is 12.1 Å². The van der Waals surface area contributed by atoms with Crippen molar-refractivity contribution in [1.82, 2.24) is 4.98 Å². The number of pyridine rings is 1. The molecule has 4 rings (SSSR count). The fraction of sp³-hybridized carbons (Fsp3) is 0.0435. The van der Waals surface area contributed by atoms with Crippen LogP contribution >= 0.6 is 0 Å². The molecule has 144 valence electrons. The molecule has 0 atom stereocenters. The molecule has 0 spiro atoms. The van der Waals surface area contributed by atoms with Crippen LogP contribution in [0.2, 0.25) is 0 Å². The van der Waals surface area contributed by atoms with Crippen molar-refractivity contribution in [2.75, 3.05) is 5.32 Å². The van der Waals surface area contributed by atoms with Gasteiger partial charge < -0.3 is 5.32 Å². The van der Waals surface area contributed by atoms with Crippen LogP contribution < -0.4 is 5.32 Å². The summed E-state index contributed by atoms with van der Waals surface area (Å²) in [4.78, 5) is 17.3. The topological polar surface area (TPSA) is 76.1 Å². The number of amides is 1. The number of hydrogen-bond acceptors (Lipinski definition) is 4. The summed E-state index contributed by atoms with van der Waals surface area (Å²) in [7, 11) is -3.61. The Balaban J connectivity index is 1.58. The summed E-state index contributed by atoms with van der Waals surface area (Å²) in [6, 6.07) is 22.2. The molecule has 4 aromatic rings. The summed E-state index contributed by atoms with van der Waals surface area (Å²) in [5, 5.41) is 4.46. The molecular formula is C23H18N2O3S. The van der Waals surface area contributed by atoms with Crippen molar-refractivity contribution in [3.8, 4) is 0 Å². The molecule has 0 saturated carbocycles. The minimum absolute atomic E-state index is 0.169. The van der Waals surface area contributed by atoms with E-state index >= 15 is 0 Å². The zero-order valence-corrected chi connectivity index (χ0v) is 16.5. The average Bonchev–Trinajstić information content (AvgIpc) is 2.74. The smallest absolute Gasteiger partial charge is 0.274 e. The first-order valence-corrected chi connectivity index (χ1v) is 10.5. The molecule has 3 aromatic carbocycles. The molecule has 0 saturated heterocycles. The lowest BCUT2D eigenvalue weighted by molar-refractivity contribution is 0.102. The van der Waals surface area contributed by atoms with Crippen molar-refractivity contribution in [3.63, 3.8) is 0 Å². The summed E-state index contributed by atoms with van der Waals surface area (Å²) >= 11 is 0. The maximum absolute atomic E-state index is 12.7. The monoisotopic (exact) mass is 402 g/mol. The minimum Gasteiger partial charge on any atom is -0.321 e. The van der Waals surface area contributed by atoms with Gasteiger partial charge in [-0.05, 0) is 54.8 Å². The van der Waals surface area contributed by atoms with Gasteiger partial charge in [-0.2, -0.15) is 0 Å². The SMILES string of the molecule is Cc1ccc(S(=O)(=O)c2ccc(NC(=O)c3nccc4ccccc34)cc2)cc1. The first-order valence-electron chi connectivity index (χ1n) is 9.02. The zero-order chi connectivity index (χ0) is 20.4. The van der Waals surface area contributed by atoms with Crippen LogP contribution in [0, 0.1) is 6.92 Å². The van der Waals surface area contributed by atoms with Gasteiger partial charge in [-0.3, -0.25) is 9.78 Å². The standard InChI is InChI=1S/C23H18N2O3S/c1-16-6-10-19(11-7-16)29(27,28)20-12-8-18(9-13-20)25-23(26)22-21-5-3-2-4-17(21)14-15-24-22/h2-15H,1H3,(H,25,26). The van der Waals surface area contributed by atoms with Crippen LogP contribution in [0.15, 0.2) is 94.9 Å². The number of nitrogens with one attached hydrogen (secondary N) is 1. The molecule has 1 N–H and O–H groups in total. The number of fused-ring (bicyclic) bond motifs is 1. The van der Waals surface area contributed by atoms with Gasteiger partial charge in [0, 0.05) is 17.3 Å². The number of carbonyl (C=O) groups is 1. The molecule has 29 heavy (non-hydrogen) atoms.